The van der Waals surface area contributed by atoms with Gasteiger partial charge in [-0.3, -0.25) is 18.6 Å². The Labute approximate surface area is 424 Å². The largest absolute Gasteiger partial charge is 0.480 e. The van der Waals surface area contributed by atoms with Crippen molar-refractivity contribution in [3.8, 4) is 0 Å². The van der Waals surface area contributed by atoms with Crippen LogP contribution in [-0.2, 0) is 32.7 Å². The highest BCUT2D eigenvalue weighted by atomic mass is 31.2. The summed E-state index contributed by atoms with van der Waals surface area (Å²) in [4.78, 5) is 46.3. The zero-order chi connectivity index (χ0) is 50.6. The number of esters is 1. The Morgan fingerprint density at radius 3 is 1.10 bits per heavy atom. The van der Waals surface area contributed by atoms with Crippen LogP contribution >= 0.6 is 7.82 Å². The number of amides is 1. The van der Waals surface area contributed by atoms with Gasteiger partial charge in [0.1, 0.15) is 12.7 Å². The zero-order valence-electron chi connectivity index (χ0n) is 44.9. The molecule has 0 aromatic rings. The number of ether oxygens (including phenoxy) is 1. The normalized spacial score (nSPS) is 13.4. The van der Waals surface area contributed by atoms with Gasteiger partial charge >= 0.3 is 19.8 Å². The van der Waals surface area contributed by atoms with Gasteiger partial charge in [0.05, 0.1) is 13.2 Å². The van der Waals surface area contributed by atoms with E-state index < -0.39 is 57.6 Å². The van der Waals surface area contributed by atoms with Crippen LogP contribution in [-0.4, -0.2) is 64.9 Å². The maximum atomic E-state index is 12.4. The first-order valence-corrected chi connectivity index (χ1v) is 30.7. The number of nitrogens with one attached hydrogen (secondary N) is 1. The molecule has 0 aliphatic rings. The van der Waals surface area contributed by atoms with Gasteiger partial charge in [-0.05, 0) is 38.5 Å². The minimum absolute atomic E-state index is 0.150. The van der Waals surface area contributed by atoms with Crippen LogP contribution in [0.4, 0.5) is 0 Å². The predicted octanol–water partition coefficient (Wildman–Crippen LogP) is 16.7. The van der Waals surface area contributed by atoms with Gasteiger partial charge in [0, 0.05) is 12.8 Å². The maximum Gasteiger partial charge on any atom is 0.472 e. The van der Waals surface area contributed by atoms with Crippen molar-refractivity contribution in [2.75, 3.05) is 19.8 Å². The molecule has 0 fully saturated rings. The second-order valence-electron chi connectivity index (χ2n) is 20.2. The minimum atomic E-state index is -4.76. The number of carbonyl (C=O) groups is 3. The quantitative estimate of drug-likeness (QED) is 0.0199. The molecule has 0 aromatic carbocycles. The first-order valence-electron chi connectivity index (χ1n) is 29.2. The molecule has 1 amide bonds. The first kappa shape index (κ1) is 67.2. The van der Waals surface area contributed by atoms with E-state index in [0.717, 1.165) is 38.5 Å². The van der Waals surface area contributed by atoms with Crippen LogP contribution in [0, 0.1) is 0 Å². The smallest absolute Gasteiger partial charge is 0.472 e. The molecule has 69 heavy (non-hydrogen) atoms. The van der Waals surface area contributed by atoms with Crippen LogP contribution in [0.1, 0.15) is 303 Å². The highest BCUT2D eigenvalue weighted by Gasteiger charge is 2.28. The van der Waals surface area contributed by atoms with Gasteiger partial charge < -0.3 is 25.2 Å². The topological polar surface area (TPSA) is 169 Å². The molecule has 0 saturated heterocycles. The summed E-state index contributed by atoms with van der Waals surface area (Å²) in [5.74, 6) is -2.35. The van der Waals surface area contributed by atoms with Gasteiger partial charge in [-0.1, -0.05) is 264 Å². The van der Waals surface area contributed by atoms with Crippen molar-refractivity contribution in [3.05, 3.63) is 12.2 Å². The average molecular weight is 1000 g/mol. The van der Waals surface area contributed by atoms with E-state index in [9.17, 15) is 34.1 Å². The molecule has 0 saturated carbocycles. The van der Waals surface area contributed by atoms with Crippen molar-refractivity contribution in [1.29, 1.82) is 0 Å². The van der Waals surface area contributed by atoms with E-state index in [1.54, 1.807) is 0 Å². The molecule has 408 valence electrons. The number of rotatable bonds is 56. The Morgan fingerprint density at radius 1 is 0.449 bits per heavy atom. The van der Waals surface area contributed by atoms with Gasteiger partial charge in [0.2, 0.25) is 5.91 Å². The van der Waals surface area contributed by atoms with Crippen molar-refractivity contribution in [3.63, 3.8) is 0 Å². The summed E-state index contributed by atoms with van der Waals surface area (Å²) in [6, 6.07) is -1.54. The third-order valence-electron chi connectivity index (χ3n) is 13.3. The molecule has 3 atom stereocenters. The lowest BCUT2D eigenvalue weighted by Crippen LogP contribution is -2.43. The fourth-order valence-corrected chi connectivity index (χ4v) is 9.56. The van der Waals surface area contributed by atoms with Gasteiger partial charge in [-0.2, -0.15) is 0 Å². The number of phosphoric ester groups is 1. The molecule has 0 heterocycles. The number of unbranched alkanes of at least 4 members (excludes halogenated alkanes) is 40. The summed E-state index contributed by atoms with van der Waals surface area (Å²) in [6.45, 7) is 2.67. The van der Waals surface area contributed by atoms with Gasteiger partial charge in [-0.15, -0.1) is 0 Å². The Balaban J connectivity index is 3.73. The zero-order valence-corrected chi connectivity index (χ0v) is 45.8. The summed E-state index contributed by atoms with van der Waals surface area (Å²) >= 11 is 0. The fourth-order valence-electron chi connectivity index (χ4n) is 8.79. The Morgan fingerprint density at radius 2 is 0.754 bits per heavy atom. The molecule has 0 radical (unpaired) electrons. The molecule has 12 heteroatoms. The lowest BCUT2D eigenvalue weighted by molar-refractivity contribution is -0.147. The van der Waals surface area contributed by atoms with Crippen molar-refractivity contribution in [2.24, 2.45) is 0 Å². The molecule has 0 bridgehead atoms. The fraction of sp³-hybridized carbons (Fsp3) is 0.912. The van der Waals surface area contributed by atoms with Crippen LogP contribution < -0.4 is 5.32 Å². The van der Waals surface area contributed by atoms with E-state index in [2.05, 4.69) is 31.3 Å². The van der Waals surface area contributed by atoms with E-state index in [4.69, 9.17) is 13.8 Å². The van der Waals surface area contributed by atoms with E-state index in [1.807, 2.05) is 0 Å². The third-order valence-corrected chi connectivity index (χ3v) is 14.3. The monoisotopic (exact) mass is 1000 g/mol. The Hall–Kier alpha value is -1.78. The van der Waals surface area contributed by atoms with Crippen molar-refractivity contribution in [1.82, 2.24) is 5.32 Å². The lowest BCUT2D eigenvalue weighted by Gasteiger charge is -2.18. The molecule has 0 aromatic heterocycles. The second kappa shape index (κ2) is 52.5. The molecule has 0 aliphatic carbocycles. The van der Waals surface area contributed by atoms with Crippen LogP contribution in [0.2, 0.25) is 0 Å². The number of hydrogen-bond donors (Lipinski definition) is 4. The number of carboxylic acid groups (broad SMARTS) is 1. The minimum Gasteiger partial charge on any atom is -0.480 e. The maximum absolute atomic E-state index is 12.4. The molecular formula is C57H110NO10P. The molecule has 0 aliphatic heterocycles. The third kappa shape index (κ3) is 52.4. The van der Waals surface area contributed by atoms with E-state index >= 15 is 0 Å². The van der Waals surface area contributed by atoms with Gasteiger partial charge in [0.25, 0.3) is 0 Å². The van der Waals surface area contributed by atoms with E-state index in [1.165, 1.54) is 225 Å². The second-order valence-corrected chi connectivity index (χ2v) is 21.6. The Kier molecular flexibility index (Phi) is 51.2. The summed E-state index contributed by atoms with van der Waals surface area (Å²) in [5.41, 5.74) is 0. The number of allylic oxidation sites excluding steroid dienone is 2. The number of aliphatic carboxylic acids is 1. The number of aliphatic hydroxyl groups excluding tert-OH is 1. The average Bonchev–Trinajstić information content (AvgIpc) is 3.33. The summed E-state index contributed by atoms with van der Waals surface area (Å²) in [5, 5.41) is 22.0. The van der Waals surface area contributed by atoms with Gasteiger partial charge in [0.15, 0.2) is 6.04 Å². The van der Waals surface area contributed by atoms with E-state index in [-0.39, 0.29) is 12.8 Å². The number of carbonyl (C=O) groups excluding carboxylic acids is 2. The standard InChI is InChI=1S/C57H110NO10P/c1-3-5-7-9-11-13-15-17-19-21-23-25-27-28-30-32-34-36-38-40-42-44-46-48-55(60)58-54(57(62)63)52-68-69(64,65)67-51-53(59)50-66-56(61)49-47-45-43-41-39-37-35-33-31-29-26-24-22-20-18-16-14-12-10-8-6-4-2/h17,19,53-54,59H,3-16,18,20-52H2,1-2H3,(H,58,60)(H,62,63)(H,64,65)/b19-17+. The van der Waals surface area contributed by atoms with Crippen LogP contribution in [0.5, 0.6) is 0 Å². The van der Waals surface area contributed by atoms with Gasteiger partial charge in [-0.25, -0.2) is 9.36 Å². The van der Waals surface area contributed by atoms with Crippen molar-refractivity contribution < 1.29 is 47.8 Å². The summed E-state index contributed by atoms with van der Waals surface area (Å²) in [6.07, 6.45) is 58.1. The van der Waals surface area contributed by atoms with Crippen LogP contribution in [0.25, 0.3) is 0 Å². The Bertz CT molecular complexity index is 1220. The highest BCUT2D eigenvalue weighted by molar-refractivity contribution is 7.47. The molecule has 0 spiro atoms. The lowest BCUT2D eigenvalue weighted by atomic mass is 10.0. The molecular weight excluding hydrogens is 890 g/mol. The molecule has 0 rings (SSSR count). The molecule has 3 unspecified atom stereocenters. The van der Waals surface area contributed by atoms with Crippen LogP contribution in [0.3, 0.4) is 0 Å². The van der Waals surface area contributed by atoms with Crippen molar-refractivity contribution >= 4 is 25.7 Å². The first-order chi connectivity index (χ1) is 33.6. The summed E-state index contributed by atoms with van der Waals surface area (Å²) < 4.78 is 27.0. The predicted molar refractivity (Wildman–Crippen MR) is 287 cm³/mol. The number of hydrogen-bond acceptors (Lipinski definition) is 8. The molecule has 11 nitrogen and oxygen atoms in total. The highest BCUT2D eigenvalue weighted by Crippen LogP contribution is 2.43. The number of phosphoric acid groups is 1. The van der Waals surface area contributed by atoms with E-state index in [0.29, 0.717) is 12.8 Å². The molecule has 4 N–H and O–H groups in total. The SMILES string of the molecule is CCCCCCCC/C=C/CCCCCCCCCCCCCCCC(=O)NC(COP(=O)(O)OCC(O)COC(=O)CCCCCCCCCCCCCCCCCCCCCCCC)C(=O)O. The van der Waals surface area contributed by atoms with Crippen molar-refractivity contribution in [2.45, 2.75) is 315 Å². The van der Waals surface area contributed by atoms with Crippen LogP contribution in [0.15, 0.2) is 12.2 Å². The number of aliphatic hydroxyl groups is 1. The summed E-state index contributed by atoms with van der Waals surface area (Å²) in [7, 11) is -4.76. The number of carboxylic acids is 1.